The van der Waals surface area contributed by atoms with E-state index in [-0.39, 0.29) is 24.2 Å². The Morgan fingerprint density at radius 2 is 1.92 bits per heavy atom. The Hall–Kier alpha value is -3.75. The quantitative estimate of drug-likeness (QED) is 0.568. The van der Waals surface area contributed by atoms with E-state index in [1.807, 2.05) is 42.2 Å². The number of para-hydroxylation sites is 1. The van der Waals surface area contributed by atoms with Crippen LogP contribution < -0.4 is 11.1 Å². The molecule has 4 rings (SSSR count). The van der Waals surface area contributed by atoms with E-state index >= 15 is 0 Å². The van der Waals surface area contributed by atoms with Crippen LogP contribution in [0.3, 0.4) is 0 Å². The fraction of sp³-hybridized carbons (Fsp3) is 0.444. The zero-order valence-corrected chi connectivity index (χ0v) is 20.8. The lowest BCUT2D eigenvalue weighted by atomic mass is 9.99. The second-order valence-electron chi connectivity index (χ2n) is 9.50. The fourth-order valence-corrected chi connectivity index (χ4v) is 5.03. The van der Waals surface area contributed by atoms with Crippen LogP contribution in [0.2, 0.25) is 0 Å². The minimum Gasteiger partial charge on any atom is -0.507 e. The third kappa shape index (κ3) is 5.56. The highest BCUT2D eigenvalue weighted by atomic mass is 16.6. The Bertz CT molecular complexity index is 1140. The molecule has 4 amide bonds. The number of fused-ring (bicyclic) bond motifs is 1. The van der Waals surface area contributed by atoms with Crippen LogP contribution in [0.5, 0.6) is 5.75 Å². The van der Waals surface area contributed by atoms with Crippen molar-refractivity contribution in [3.8, 4) is 5.75 Å². The lowest BCUT2D eigenvalue weighted by molar-refractivity contribution is -0.126. The molecular weight excluding hydrogens is 460 g/mol. The number of anilines is 1. The van der Waals surface area contributed by atoms with Crippen molar-refractivity contribution in [2.45, 2.75) is 58.1 Å². The molecule has 0 spiro atoms. The number of aryl methyl sites for hydroxylation is 2. The number of primary amides is 1. The van der Waals surface area contributed by atoms with Crippen molar-refractivity contribution >= 4 is 23.7 Å². The monoisotopic (exact) mass is 494 g/mol. The average Bonchev–Trinajstić information content (AvgIpc) is 3.03. The van der Waals surface area contributed by atoms with Gasteiger partial charge in [-0.2, -0.15) is 0 Å². The molecule has 1 saturated heterocycles. The molecule has 9 heteroatoms. The zero-order chi connectivity index (χ0) is 25.8. The van der Waals surface area contributed by atoms with Gasteiger partial charge in [0.2, 0.25) is 0 Å². The first-order valence-electron chi connectivity index (χ1n) is 12.5. The summed E-state index contributed by atoms with van der Waals surface area (Å²) in [4.78, 5) is 41.2. The molecule has 1 atom stereocenters. The predicted molar refractivity (Wildman–Crippen MR) is 136 cm³/mol. The van der Waals surface area contributed by atoms with Gasteiger partial charge < -0.3 is 30.7 Å². The van der Waals surface area contributed by atoms with Gasteiger partial charge in [-0.3, -0.25) is 4.79 Å². The number of ether oxygens (including phenoxy) is 1. The number of hydrogen-bond donors (Lipinski definition) is 3. The summed E-state index contributed by atoms with van der Waals surface area (Å²) in [6, 6.07) is 11.3. The van der Waals surface area contributed by atoms with Gasteiger partial charge in [-0.05, 0) is 60.9 Å². The van der Waals surface area contributed by atoms with Gasteiger partial charge >= 0.3 is 12.1 Å². The largest absolute Gasteiger partial charge is 0.507 e. The van der Waals surface area contributed by atoms with Crippen LogP contribution in [0, 0.1) is 6.92 Å². The van der Waals surface area contributed by atoms with E-state index in [9.17, 15) is 19.5 Å². The number of nitrogens with one attached hydrogen (secondary N) is 1. The number of likely N-dealkylation sites (tertiary alicyclic amines) is 1. The molecule has 0 radical (unpaired) electrons. The fourth-order valence-electron chi connectivity index (χ4n) is 5.03. The summed E-state index contributed by atoms with van der Waals surface area (Å²) in [5, 5.41) is 13.2. The number of piperidine rings is 1. The number of amides is 4. The summed E-state index contributed by atoms with van der Waals surface area (Å²) in [6.45, 7) is 5.18. The SMILES string of the molecule is CCc1cc(C[C@@H](OC(=O)N2CCC(N3CCc4ccccc4NC3=O)CC2)C(N)=O)cc(C)c1O. The van der Waals surface area contributed by atoms with Gasteiger partial charge in [0.25, 0.3) is 5.91 Å². The van der Waals surface area contributed by atoms with Crippen molar-refractivity contribution in [1.82, 2.24) is 9.80 Å². The number of carbonyl (C=O) groups excluding carboxylic acids is 3. The Kier molecular flexibility index (Phi) is 7.67. The number of nitrogens with two attached hydrogens (primary N) is 1. The van der Waals surface area contributed by atoms with Crippen molar-refractivity contribution in [3.05, 3.63) is 58.7 Å². The van der Waals surface area contributed by atoms with E-state index in [0.717, 1.165) is 28.8 Å². The van der Waals surface area contributed by atoms with Crippen LogP contribution in [-0.2, 0) is 28.8 Å². The molecule has 1 fully saturated rings. The van der Waals surface area contributed by atoms with E-state index < -0.39 is 18.1 Å². The highest BCUT2D eigenvalue weighted by molar-refractivity contribution is 5.91. The summed E-state index contributed by atoms with van der Waals surface area (Å²) < 4.78 is 5.52. The minimum atomic E-state index is -1.11. The number of rotatable bonds is 6. The van der Waals surface area contributed by atoms with Gasteiger partial charge in [-0.1, -0.05) is 37.3 Å². The Labute approximate surface area is 211 Å². The van der Waals surface area contributed by atoms with Gasteiger partial charge in [-0.15, -0.1) is 0 Å². The van der Waals surface area contributed by atoms with E-state index in [1.165, 1.54) is 0 Å². The van der Waals surface area contributed by atoms with Crippen LogP contribution in [-0.4, -0.2) is 64.7 Å². The zero-order valence-electron chi connectivity index (χ0n) is 20.8. The number of phenolic OH excluding ortho intramolecular Hbond substituents is 1. The summed E-state index contributed by atoms with van der Waals surface area (Å²) in [5.74, 6) is -0.485. The first-order valence-corrected chi connectivity index (χ1v) is 12.5. The Balaban J connectivity index is 1.34. The molecule has 9 nitrogen and oxygen atoms in total. The van der Waals surface area contributed by atoms with Crippen molar-refractivity contribution in [3.63, 3.8) is 0 Å². The summed E-state index contributed by atoms with van der Waals surface area (Å²) in [7, 11) is 0. The topological polar surface area (TPSA) is 125 Å². The van der Waals surface area contributed by atoms with Gasteiger partial charge in [0.15, 0.2) is 6.10 Å². The van der Waals surface area contributed by atoms with Crippen LogP contribution in [0.15, 0.2) is 36.4 Å². The maximum Gasteiger partial charge on any atom is 0.410 e. The first-order chi connectivity index (χ1) is 17.3. The predicted octanol–water partition coefficient (Wildman–Crippen LogP) is 3.35. The maximum atomic E-state index is 12.9. The average molecular weight is 495 g/mol. The van der Waals surface area contributed by atoms with Crippen molar-refractivity contribution in [1.29, 1.82) is 0 Å². The van der Waals surface area contributed by atoms with Gasteiger partial charge in [0, 0.05) is 37.8 Å². The summed E-state index contributed by atoms with van der Waals surface area (Å²) in [6.07, 6.45) is 1.09. The van der Waals surface area contributed by atoms with E-state index in [2.05, 4.69) is 5.32 Å². The first kappa shape index (κ1) is 25.3. The molecule has 192 valence electrons. The lowest BCUT2D eigenvalue weighted by Crippen LogP contribution is -2.50. The highest BCUT2D eigenvalue weighted by Gasteiger charge is 2.33. The third-order valence-corrected chi connectivity index (χ3v) is 7.11. The van der Waals surface area contributed by atoms with Crippen molar-refractivity contribution in [2.24, 2.45) is 5.73 Å². The second kappa shape index (κ2) is 10.9. The van der Waals surface area contributed by atoms with Crippen LogP contribution in [0.1, 0.15) is 42.0 Å². The van der Waals surface area contributed by atoms with Gasteiger partial charge in [-0.25, -0.2) is 9.59 Å². The molecule has 0 bridgehead atoms. The number of urea groups is 1. The molecule has 2 aromatic rings. The molecular formula is C27H34N4O5. The molecule has 2 aromatic carbocycles. The highest BCUT2D eigenvalue weighted by Crippen LogP contribution is 2.27. The number of aromatic hydroxyl groups is 1. The molecule has 2 aliphatic heterocycles. The molecule has 4 N–H and O–H groups in total. The van der Waals surface area contributed by atoms with Gasteiger partial charge in [0.05, 0.1) is 0 Å². The van der Waals surface area contributed by atoms with E-state index in [1.54, 1.807) is 17.9 Å². The van der Waals surface area contributed by atoms with E-state index in [0.29, 0.717) is 44.5 Å². The molecule has 0 aromatic heterocycles. The van der Waals surface area contributed by atoms with Crippen LogP contribution >= 0.6 is 0 Å². The number of phenols is 1. The molecule has 36 heavy (non-hydrogen) atoms. The molecule has 0 unspecified atom stereocenters. The second-order valence-corrected chi connectivity index (χ2v) is 9.50. The van der Waals surface area contributed by atoms with Crippen molar-refractivity contribution < 1.29 is 24.2 Å². The molecule has 2 aliphatic rings. The van der Waals surface area contributed by atoms with Crippen LogP contribution in [0.4, 0.5) is 15.3 Å². The lowest BCUT2D eigenvalue weighted by Gasteiger charge is -2.37. The molecule has 2 heterocycles. The maximum absolute atomic E-state index is 12.9. The normalized spacial score (nSPS) is 17.1. The standard InChI is InChI=1S/C27H34N4O5/c1-3-19-15-18(14-17(2)24(19)32)16-23(25(28)33)36-27(35)30-11-9-21(10-12-30)31-13-8-20-6-4-5-7-22(20)29-26(31)34/h4-7,14-15,21,23,32H,3,8-13,16H2,1-2H3,(H2,28,33)(H,29,34)/t23-/m1/s1. The number of benzene rings is 2. The van der Waals surface area contributed by atoms with E-state index in [4.69, 9.17) is 10.5 Å². The number of carbonyl (C=O) groups is 3. The van der Waals surface area contributed by atoms with Crippen LogP contribution in [0.25, 0.3) is 0 Å². The Morgan fingerprint density at radius 3 is 2.61 bits per heavy atom. The smallest absolute Gasteiger partial charge is 0.410 e. The summed E-state index contributed by atoms with van der Waals surface area (Å²) in [5.41, 5.74) is 9.74. The number of nitrogens with zero attached hydrogens (tertiary/aromatic N) is 2. The number of hydrogen-bond acceptors (Lipinski definition) is 5. The molecule has 0 aliphatic carbocycles. The van der Waals surface area contributed by atoms with Crippen molar-refractivity contribution in [2.75, 3.05) is 25.0 Å². The third-order valence-electron chi connectivity index (χ3n) is 7.11. The van der Waals surface area contributed by atoms with Gasteiger partial charge in [0.1, 0.15) is 5.75 Å². The molecule has 0 saturated carbocycles. The Morgan fingerprint density at radius 1 is 1.19 bits per heavy atom. The summed E-state index contributed by atoms with van der Waals surface area (Å²) >= 11 is 0. The minimum absolute atomic E-state index is 0.0164.